The first-order chi connectivity index (χ1) is 14.3. The summed E-state index contributed by atoms with van der Waals surface area (Å²) in [4.78, 5) is 37.5. The topological polar surface area (TPSA) is 95.9 Å². The molecule has 0 spiro atoms. The number of rotatable bonds is 6. The molecule has 156 valence electrons. The Kier molecular flexibility index (Phi) is 4.97. The molecule has 2 aliphatic carbocycles. The quantitative estimate of drug-likeness (QED) is 0.766. The Morgan fingerprint density at radius 3 is 2.13 bits per heavy atom. The van der Waals surface area contributed by atoms with E-state index >= 15 is 0 Å². The maximum absolute atomic E-state index is 12.5. The van der Waals surface area contributed by atoms with Crippen molar-refractivity contribution in [1.29, 1.82) is 0 Å². The van der Waals surface area contributed by atoms with Gasteiger partial charge in [0.2, 0.25) is 5.91 Å². The standard InChI is InChI=1S/C23H24N2O5/c1-14(20(26)25(2)23(11-12-23)21(27)28)24-22(29)30-13-19-17-9-5-3-7-15(17)16-8-4-6-10-18(16)19/h3-10,14,19H,11-13H2,1-2H3,(H,24,29)(H,27,28)/t14-/m1/s1. The Bertz CT molecular complexity index is 969. The van der Waals surface area contributed by atoms with E-state index in [4.69, 9.17) is 4.74 Å². The molecule has 2 amide bonds. The number of likely N-dealkylation sites (N-methyl/N-ethyl adjacent to an activating group) is 1. The third-order valence-corrected chi connectivity index (χ3v) is 6.14. The van der Waals surface area contributed by atoms with Crippen LogP contribution in [0.2, 0.25) is 0 Å². The van der Waals surface area contributed by atoms with Crippen LogP contribution >= 0.6 is 0 Å². The van der Waals surface area contributed by atoms with Crippen molar-refractivity contribution in [2.45, 2.75) is 37.3 Å². The highest BCUT2D eigenvalue weighted by atomic mass is 16.5. The summed E-state index contributed by atoms with van der Waals surface area (Å²) in [6.45, 7) is 1.67. The number of nitrogens with one attached hydrogen (secondary N) is 1. The summed E-state index contributed by atoms with van der Waals surface area (Å²) in [5.74, 6) is -1.55. The maximum Gasteiger partial charge on any atom is 0.407 e. The molecular weight excluding hydrogens is 384 g/mol. The fourth-order valence-electron chi connectivity index (χ4n) is 4.19. The Hall–Kier alpha value is -3.35. The highest BCUT2D eigenvalue weighted by molar-refractivity contribution is 5.92. The van der Waals surface area contributed by atoms with Crippen LogP contribution in [0.3, 0.4) is 0 Å². The Labute approximate surface area is 174 Å². The summed E-state index contributed by atoms with van der Waals surface area (Å²) >= 11 is 0. The van der Waals surface area contributed by atoms with Crippen molar-refractivity contribution in [3.63, 3.8) is 0 Å². The molecule has 0 unspecified atom stereocenters. The summed E-state index contributed by atoms with van der Waals surface area (Å²) in [5, 5.41) is 11.9. The van der Waals surface area contributed by atoms with Gasteiger partial charge in [0.25, 0.3) is 0 Å². The molecule has 0 radical (unpaired) electrons. The molecule has 7 nitrogen and oxygen atoms in total. The number of carbonyl (C=O) groups is 3. The van der Waals surface area contributed by atoms with Crippen LogP contribution in [0.5, 0.6) is 0 Å². The first kappa shape index (κ1) is 19.9. The molecule has 0 saturated heterocycles. The summed E-state index contributed by atoms with van der Waals surface area (Å²) in [6, 6.07) is 15.2. The monoisotopic (exact) mass is 408 g/mol. The molecule has 0 aliphatic heterocycles. The largest absolute Gasteiger partial charge is 0.479 e. The van der Waals surface area contributed by atoms with Crippen LogP contribution in [0.1, 0.15) is 36.8 Å². The second-order valence-electron chi connectivity index (χ2n) is 7.93. The van der Waals surface area contributed by atoms with Gasteiger partial charge in [0.15, 0.2) is 0 Å². The number of hydrogen-bond acceptors (Lipinski definition) is 4. The second-order valence-corrected chi connectivity index (χ2v) is 7.93. The fourth-order valence-corrected chi connectivity index (χ4v) is 4.19. The average Bonchev–Trinajstić information content (AvgIpc) is 3.50. The van der Waals surface area contributed by atoms with Gasteiger partial charge >= 0.3 is 12.1 Å². The molecule has 1 saturated carbocycles. The number of carboxylic acids is 1. The zero-order valence-corrected chi connectivity index (χ0v) is 16.9. The fraction of sp³-hybridized carbons (Fsp3) is 0.348. The molecule has 7 heteroatoms. The third kappa shape index (κ3) is 3.30. The lowest BCUT2D eigenvalue weighted by molar-refractivity contribution is -0.151. The van der Waals surface area contributed by atoms with Gasteiger partial charge in [-0.25, -0.2) is 9.59 Å². The van der Waals surface area contributed by atoms with Gasteiger partial charge in [-0.05, 0) is 42.0 Å². The number of benzene rings is 2. The third-order valence-electron chi connectivity index (χ3n) is 6.14. The minimum atomic E-state index is -1.14. The first-order valence-corrected chi connectivity index (χ1v) is 9.98. The van der Waals surface area contributed by atoms with Gasteiger partial charge in [0.1, 0.15) is 18.2 Å². The minimum absolute atomic E-state index is 0.0708. The SMILES string of the molecule is C[C@@H](NC(=O)OCC1c2ccccc2-c2ccccc21)C(=O)N(C)C1(C(=O)O)CC1. The van der Waals surface area contributed by atoms with Gasteiger partial charge in [-0.15, -0.1) is 0 Å². The second kappa shape index (κ2) is 7.48. The molecule has 1 fully saturated rings. The number of carbonyl (C=O) groups excluding carboxylic acids is 2. The van der Waals surface area contributed by atoms with Gasteiger partial charge in [0.05, 0.1) is 0 Å². The van der Waals surface area contributed by atoms with Crippen LogP contribution in [-0.4, -0.2) is 53.2 Å². The first-order valence-electron chi connectivity index (χ1n) is 9.98. The van der Waals surface area contributed by atoms with Crippen LogP contribution in [0.15, 0.2) is 48.5 Å². The number of carboxylic acid groups (broad SMARTS) is 1. The number of alkyl carbamates (subject to hydrolysis) is 1. The van der Waals surface area contributed by atoms with Crippen molar-refractivity contribution in [3.05, 3.63) is 59.7 Å². The van der Waals surface area contributed by atoms with E-state index in [1.54, 1.807) is 0 Å². The summed E-state index contributed by atoms with van der Waals surface area (Å²) in [6.07, 6.45) is 0.135. The molecule has 0 heterocycles. The van der Waals surface area contributed by atoms with Crippen molar-refractivity contribution >= 4 is 18.0 Å². The van der Waals surface area contributed by atoms with Crippen molar-refractivity contribution in [2.75, 3.05) is 13.7 Å². The Morgan fingerprint density at radius 2 is 1.63 bits per heavy atom. The zero-order valence-electron chi connectivity index (χ0n) is 16.9. The number of hydrogen-bond donors (Lipinski definition) is 2. The molecule has 30 heavy (non-hydrogen) atoms. The van der Waals surface area contributed by atoms with E-state index in [2.05, 4.69) is 17.4 Å². The van der Waals surface area contributed by atoms with Crippen LogP contribution in [-0.2, 0) is 14.3 Å². The number of nitrogens with zero attached hydrogens (tertiary/aromatic N) is 1. The van der Waals surface area contributed by atoms with Gasteiger partial charge in [-0.3, -0.25) is 4.79 Å². The van der Waals surface area contributed by atoms with E-state index in [-0.39, 0.29) is 12.5 Å². The molecular formula is C23H24N2O5. The maximum atomic E-state index is 12.5. The smallest absolute Gasteiger partial charge is 0.407 e. The van der Waals surface area contributed by atoms with Crippen molar-refractivity contribution in [1.82, 2.24) is 10.2 Å². The lowest BCUT2D eigenvalue weighted by Gasteiger charge is -2.27. The lowest BCUT2D eigenvalue weighted by Crippen LogP contribution is -2.52. The lowest BCUT2D eigenvalue weighted by atomic mass is 9.98. The highest BCUT2D eigenvalue weighted by Crippen LogP contribution is 2.44. The predicted octanol–water partition coefficient (Wildman–Crippen LogP) is 2.99. The predicted molar refractivity (Wildman–Crippen MR) is 110 cm³/mol. The zero-order chi connectivity index (χ0) is 21.5. The van der Waals surface area contributed by atoms with Crippen molar-refractivity contribution < 1.29 is 24.2 Å². The van der Waals surface area contributed by atoms with E-state index in [1.165, 1.54) is 18.9 Å². The molecule has 0 aromatic heterocycles. The van der Waals surface area contributed by atoms with Crippen molar-refractivity contribution in [3.8, 4) is 11.1 Å². The summed E-state index contributed by atoms with van der Waals surface area (Å²) in [7, 11) is 1.46. The number of ether oxygens (including phenoxy) is 1. The van der Waals surface area contributed by atoms with Crippen LogP contribution < -0.4 is 5.32 Å². The van der Waals surface area contributed by atoms with E-state index in [0.717, 1.165) is 22.3 Å². The molecule has 2 aliphatic rings. The van der Waals surface area contributed by atoms with Gasteiger partial charge in [-0.1, -0.05) is 48.5 Å². The van der Waals surface area contributed by atoms with E-state index in [0.29, 0.717) is 12.8 Å². The van der Waals surface area contributed by atoms with Crippen LogP contribution in [0.25, 0.3) is 11.1 Å². The molecule has 2 aromatic rings. The summed E-state index contributed by atoms with van der Waals surface area (Å²) in [5.41, 5.74) is 3.33. The van der Waals surface area contributed by atoms with E-state index < -0.39 is 29.6 Å². The van der Waals surface area contributed by atoms with Crippen molar-refractivity contribution in [2.24, 2.45) is 0 Å². The molecule has 1 atom stereocenters. The Balaban J connectivity index is 1.39. The molecule has 4 rings (SSSR count). The van der Waals surface area contributed by atoms with Crippen LogP contribution in [0, 0.1) is 0 Å². The number of amides is 2. The Morgan fingerprint density at radius 1 is 1.10 bits per heavy atom. The minimum Gasteiger partial charge on any atom is -0.479 e. The van der Waals surface area contributed by atoms with Gasteiger partial charge < -0.3 is 20.1 Å². The average molecular weight is 408 g/mol. The molecule has 2 N–H and O–H groups in total. The highest BCUT2D eigenvalue weighted by Gasteiger charge is 2.56. The van der Waals surface area contributed by atoms with E-state index in [9.17, 15) is 19.5 Å². The van der Waals surface area contributed by atoms with E-state index in [1.807, 2.05) is 36.4 Å². The van der Waals surface area contributed by atoms with Gasteiger partial charge in [0, 0.05) is 13.0 Å². The number of fused-ring (bicyclic) bond motifs is 3. The van der Waals surface area contributed by atoms with Crippen LogP contribution in [0.4, 0.5) is 4.79 Å². The molecule has 0 bridgehead atoms. The number of aliphatic carboxylic acids is 1. The summed E-state index contributed by atoms with van der Waals surface area (Å²) < 4.78 is 5.45. The normalized spacial score (nSPS) is 16.7. The van der Waals surface area contributed by atoms with Gasteiger partial charge in [-0.2, -0.15) is 0 Å². The molecule has 2 aromatic carbocycles.